The fraction of sp³-hybridized carbons (Fsp3) is 0.316. The van der Waals surface area contributed by atoms with Crippen LogP contribution in [0.4, 0.5) is 5.69 Å². The molecular weight excluding hydrogens is 364 g/mol. The van der Waals surface area contributed by atoms with E-state index in [2.05, 4.69) is 10.4 Å². The summed E-state index contributed by atoms with van der Waals surface area (Å²) in [4.78, 5) is 28.4. The van der Waals surface area contributed by atoms with Crippen LogP contribution in [0.15, 0.2) is 30.3 Å². The molecule has 0 unspecified atom stereocenters. The van der Waals surface area contributed by atoms with E-state index in [9.17, 15) is 9.59 Å². The van der Waals surface area contributed by atoms with Crippen molar-refractivity contribution in [1.82, 2.24) is 14.7 Å². The second kappa shape index (κ2) is 7.79. The third-order valence-corrected chi connectivity index (χ3v) is 5.48. The highest BCUT2D eigenvalue weighted by Crippen LogP contribution is 2.28. The quantitative estimate of drug-likeness (QED) is 0.706. The highest BCUT2D eigenvalue weighted by molar-refractivity contribution is 7.20. The molecule has 0 aliphatic heterocycles. The van der Waals surface area contributed by atoms with Crippen molar-refractivity contribution in [2.45, 2.75) is 13.8 Å². The first kappa shape index (κ1) is 18.9. The molecule has 2 heterocycles. The van der Waals surface area contributed by atoms with Crippen molar-refractivity contribution in [2.75, 3.05) is 25.5 Å². The summed E-state index contributed by atoms with van der Waals surface area (Å²) < 4.78 is 7.01. The van der Waals surface area contributed by atoms with E-state index >= 15 is 0 Å². The molecule has 0 spiro atoms. The Bertz CT molecular complexity index is 958. The fourth-order valence-electron chi connectivity index (χ4n) is 2.90. The van der Waals surface area contributed by atoms with E-state index in [1.165, 1.54) is 16.2 Å². The van der Waals surface area contributed by atoms with E-state index in [1.54, 1.807) is 23.9 Å². The van der Waals surface area contributed by atoms with Crippen LogP contribution >= 0.6 is 11.3 Å². The molecule has 7 nitrogen and oxygen atoms in total. The summed E-state index contributed by atoms with van der Waals surface area (Å²) in [6.07, 6.45) is 0. The van der Waals surface area contributed by atoms with Gasteiger partial charge in [0.05, 0.1) is 23.4 Å². The molecule has 0 atom stereocenters. The van der Waals surface area contributed by atoms with Crippen LogP contribution in [0.25, 0.3) is 10.2 Å². The number of ether oxygens (including phenoxy) is 1. The van der Waals surface area contributed by atoms with Gasteiger partial charge in [0.25, 0.3) is 5.91 Å². The summed E-state index contributed by atoms with van der Waals surface area (Å²) in [5, 5.41) is 8.13. The van der Waals surface area contributed by atoms with Gasteiger partial charge in [0.15, 0.2) is 0 Å². The average molecular weight is 386 g/mol. The SMILES string of the molecule is CCN(CC(=O)Nc1ccccc1OC)C(=O)c1cc2c(C)nn(C)c2s1. The van der Waals surface area contributed by atoms with Crippen molar-refractivity contribution in [3.05, 3.63) is 40.9 Å². The van der Waals surface area contributed by atoms with Crippen LogP contribution in [0.1, 0.15) is 22.3 Å². The van der Waals surface area contributed by atoms with Gasteiger partial charge in [-0.3, -0.25) is 14.3 Å². The second-order valence-electron chi connectivity index (χ2n) is 6.11. The highest BCUT2D eigenvalue weighted by Gasteiger charge is 2.21. The molecule has 3 aromatic rings. The first-order valence-corrected chi connectivity index (χ1v) is 9.41. The van der Waals surface area contributed by atoms with Crippen LogP contribution in [0, 0.1) is 6.92 Å². The van der Waals surface area contributed by atoms with Gasteiger partial charge in [0.1, 0.15) is 17.1 Å². The summed E-state index contributed by atoms with van der Waals surface area (Å²) in [6.45, 7) is 4.18. The summed E-state index contributed by atoms with van der Waals surface area (Å²) >= 11 is 1.39. The minimum atomic E-state index is -0.270. The summed E-state index contributed by atoms with van der Waals surface area (Å²) in [7, 11) is 3.41. The normalized spacial score (nSPS) is 10.8. The Balaban J connectivity index is 1.74. The number of methoxy groups -OCH3 is 1. The molecule has 142 valence electrons. The van der Waals surface area contributed by atoms with E-state index in [-0.39, 0.29) is 18.4 Å². The molecule has 0 saturated carbocycles. The number of carbonyl (C=O) groups is 2. The van der Waals surface area contributed by atoms with Gasteiger partial charge in [-0.2, -0.15) is 5.10 Å². The number of likely N-dealkylation sites (N-methyl/N-ethyl adjacent to an activating group) is 1. The lowest BCUT2D eigenvalue weighted by atomic mass is 10.2. The minimum Gasteiger partial charge on any atom is -0.495 e. The molecule has 0 radical (unpaired) electrons. The lowest BCUT2D eigenvalue weighted by molar-refractivity contribution is -0.116. The molecule has 1 N–H and O–H groups in total. The number of aromatic nitrogens is 2. The fourth-order valence-corrected chi connectivity index (χ4v) is 4.00. The summed E-state index contributed by atoms with van der Waals surface area (Å²) in [6, 6.07) is 9.02. The molecule has 0 fully saturated rings. The number of hydrogen-bond donors (Lipinski definition) is 1. The predicted molar refractivity (Wildman–Crippen MR) is 107 cm³/mol. The second-order valence-corrected chi connectivity index (χ2v) is 7.14. The van der Waals surface area contributed by atoms with Gasteiger partial charge in [0.2, 0.25) is 5.91 Å². The van der Waals surface area contributed by atoms with Gasteiger partial charge in [0, 0.05) is 19.0 Å². The third-order valence-electron chi connectivity index (χ3n) is 4.29. The van der Waals surface area contributed by atoms with Crippen LogP contribution in [-0.2, 0) is 11.8 Å². The maximum Gasteiger partial charge on any atom is 0.264 e. The number of anilines is 1. The number of nitrogens with zero attached hydrogens (tertiary/aromatic N) is 3. The smallest absolute Gasteiger partial charge is 0.264 e. The zero-order valence-corrected chi connectivity index (χ0v) is 16.6. The molecule has 2 amide bonds. The van der Waals surface area contributed by atoms with Crippen molar-refractivity contribution < 1.29 is 14.3 Å². The third kappa shape index (κ3) is 3.80. The number of thiophene rings is 1. The van der Waals surface area contributed by atoms with Crippen LogP contribution in [0.5, 0.6) is 5.75 Å². The molecule has 0 bridgehead atoms. The summed E-state index contributed by atoms with van der Waals surface area (Å²) in [5.74, 6) is 0.148. The monoisotopic (exact) mass is 386 g/mol. The first-order chi connectivity index (χ1) is 12.9. The largest absolute Gasteiger partial charge is 0.495 e. The lowest BCUT2D eigenvalue weighted by Gasteiger charge is -2.20. The Morgan fingerprint density at radius 1 is 1.33 bits per heavy atom. The van der Waals surface area contributed by atoms with Gasteiger partial charge < -0.3 is 15.0 Å². The topological polar surface area (TPSA) is 76.5 Å². The Kier molecular flexibility index (Phi) is 5.46. The number of carbonyl (C=O) groups excluding carboxylic acids is 2. The summed E-state index contributed by atoms with van der Waals surface area (Å²) in [5.41, 5.74) is 1.47. The zero-order valence-electron chi connectivity index (χ0n) is 15.8. The maximum absolute atomic E-state index is 12.9. The molecule has 0 saturated heterocycles. The standard InChI is InChI=1S/C19H22N4O3S/c1-5-23(11-17(24)20-14-8-6-7-9-15(14)26-4)18(25)16-10-13-12(2)21-22(3)19(13)27-16/h6-10H,5,11H2,1-4H3,(H,20,24). The number of benzene rings is 1. The molecule has 3 rings (SSSR count). The van der Waals surface area contributed by atoms with E-state index in [0.717, 1.165) is 15.9 Å². The van der Waals surface area contributed by atoms with Gasteiger partial charge in [-0.05, 0) is 32.0 Å². The van der Waals surface area contributed by atoms with Crippen molar-refractivity contribution in [3.8, 4) is 5.75 Å². The predicted octanol–water partition coefficient (Wildman–Crippen LogP) is 3.05. The van der Waals surface area contributed by atoms with Crippen LogP contribution in [-0.4, -0.2) is 46.7 Å². The van der Waals surface area contributed by atoms with Gasteiger partial charge in [-0.1, -0.05) is 12.1 Å². The molecular formula is C19H22N4O3S. The Morgan fingerprint density at radius 3 is 2.74 bits per heavy atom. The number of para-hydroxylation sites is 2. The van der Waals surface area contributed by atoms with Crippen molar-refractivity contribution in [3.63, 3.8) is 0 Å². The van der Waals surface area contributed by atoms with Crippen LogP contribution < -0.4 is 10.1 Å². The molecule has 2 aromatic heterocycles. The van der Waals surface area contributed by atoms with E-state index in [0.29, 0.717) is 22.9 Å². The molecule has 0 aliphatic rings. The highest BCUT2D eigenvalue weighted by atomic mass is 32.1. The molecule has 8 heteroatoms. The number of rotatable bonds is 6. The number of amides is 2. The average Bonchev–Trinajstić information content (AvgIpc) is 3.21. The van der Waals surface area contributed by atoms with Gasteiger partial charge in [-0.25, -0.2) is 0 Å². The van der Waals surface area contributed by atoms with Crippen molar-refractivity contribution in [1.29, 1.82) is 0 Å². The van der Waals surface area contributed by atoms with Crippen LogP contribution in [0.2, 0.25) is 0 Å². The van der Waals surface area contributed by atoms with Gasteiger partial charge >= 0.3 is 0 Å². The lowest BCUT2D eigenvalue weighted by Crippen LogP contribution is -2.37. The first-order valence-electron chi connectivity index (χ1n) is 8.59. The maximum atomic E-state index is 12.9. The minimum absolute atomic E-state index is 0.0289. The Morgan fingerprint density at radius 2 is 2.07 bits per heavy atom. The van der Waals surface area contributed by atoms with E-state index < -0.39 is 0 Å². The van der Waals surface area contributed by atoms with E-state index in [4.69, 9.17) is 4.74 Å². The van der Waals surface area contributed by atoms with Gasteiger partial charge in [-0.15, -0.1) is 11.3 Å². The number of fused-ring (bicyclic) bond motifs is 1. The Labute approximate surface area is 161 Å². The van der Waals surface area contributed by atoms with E-state index in [1.807, 2.05) is 39.1 Å². The molecule has 1 aromatic carbocycles. The van der Waals surface area contributed by atoms with Crippen LogP contribution in [0.3, 0.4) is 0 Å². The van der Waals surface area contributed by atoms with Crippen molar-refractivity contribution in [2.24, 2.45) is 7.05 Å². The zero-order chi connectivity index (χ0) is 19.6. The Hall–Kier alpha value is -2.87. The number of hydrogen-bond acceptors (Lipinski definition) is 5. The molecule has 27 heavy (non-hydrogen) atoms. The molecule has 0 aliphatic carbocycles. The number of aryl methyl sites for hydroxylation is 2. The van der Waals surface area contributed by atoms with Crippen molar-refractivity contribution >= 4 is 39.1 Å². The number of nitrogens with one attached hydrogen (secondary N) is 1.